The topological polar surface area (TPSA) is 162 Å². The van der Waals surface area contributed by atoms with Crippen LogP contribution in [0.25, 0.3) is 10.9 Å². The fourth-order valence-corrected chi connectivity index (χ4v) is 8.10. The highest BCUT2D eigenvalue weighted by Gasteiger charge is 2.37. The van der Waals surface area contributed by atoms with Crippen molar-refractivity contribution in [2.45, 2.75) is 50.8 Å². The van der Waals surface area contributed by atoms with Gasteiger partial charge in [-0.05, 0) is 102 Å². The van der Waals surface area contributed by atoms with E-state index in [-0.39, 0.29) is 42.7 Å². The molecule has 308 valence electrons. The second kappa shape index (κ2) is 18.6. The number of rotatable bonds is 15. The van der Waals surface area contributed by atoms with Gasteiger partial charge in [-0.3, -0.25) is 9.69 Å². The highest BCUT2D eigenvalue weighted by molar-refractivity contribution is 5.89. The van der Waals surface area contributed by atoms with Gasteiger partial charge in [-0.15, -0.1) is 0 Å². The van der Waals surface area contributed by atoms with Gasteiger partial charge >= 0.3 is 12.1 Å². The van der Waals surface area contributed by atoms with Crippen molar-refractivity contribution in [3.8, 4) is 11.5 Å². The number of hydrogen-bond donors (Lipinski definition) is 5. The third-order valence-corrected chi connectivity index (χ3v) is 11.3. The predicted molar refractivity (Wildman–Crippen MR) is 227 cm³/mol. The Bertz CT molecular complexity index is 2480. The van der Waals surface area contributed by atoms with Crippen molar-refractivity contribution in [1.29, 1.82) is 0 Å². The van der Waals surface area contributed by atoms with E-state index >= 15 is 0 Å². The van der Waals surface area contributed by atoms with Crippen LogP contribution >= 0.6 is 0 Å². The molecule has 9 rings (SSSR count). The van der Waals surface area contributed by atoms with Crippen LogP contribution in [-0.2, 0) is 29.2 Å². The molecule has 5 N–H and O–H groups in total. The molecule has 1 amide bonds. The number of fused-ring (bicyclic) bond motifs is 4. The molecule has 2 bridgehead atoms. The van der Waals surface area contributed by atoms with Gasteiger partial charge in [-0.2, -0.15) is 0 Å². The number of carbonyl (C=O) groups is 2. The number of amides is 1. The van der Waals surface area contributed by atoms with Crippen LogP contribution in [0.4, 0.5) is 4.79 Å². The molecule has 4 heterocycles. The molecule has 5 aromatic carbocycles. The number of phenols is 1. The molecule has 0 aliphatic carbocycles. The molecule has 3 fully saturated rings. The van der Waals surface area contributed by atoms with Gasteiger partial charge in [0.05, 0.1) is 23.2 Å². The molecule has 12 nitrogen and oxygen atoms in total. The van der Waals surface area contributed by atoms with Gasteiger partial charge in [-0.25, -0.2) is 9.59 Å². The van der Waals surface area contributed by atoms with Crippen LogP contribution < -0.4 is 20.9 Å². The lowest BCUT2D eigenvalue weighted by Crippen LogP contribution is -2.52. The van der Waals surface area contributed by atoms with E-state index in [0.29, 0.717) is 34.7 Å². The first kappa shape index (κ1) is 40.3. The number of piperidine rings is 3. The number of aliphatic hydroxyl groups excluding tert-OH is 1. The maximum atomic E-state index is 13.2. The van der Waals surface area contributed by atoms with Crippen LogP contribution in [0.3, 0.4) is 0 Å². The van der Waals surface area contributed by atoms with Crippen molar-refractivity contribution in [1.82, 2.24) is 20.5 Å². The summed E-state index contributed by atoms with van der Waals surface area (Å²) in [5.41, 5.74) is 5.38. The van der Waals surface area contributed by atoms with Crippen LogP contribution in [0.1, 0.15) is 68.7 Å². The van der Waals surface area contributed by atoms with E-state index in [4.69, 9.17) is 14.2 Å². The Kier molecular flexibility index (Phi) is 12.5. The quantitative estimate of drug-likeness (QED) is 0.0690. The number of pyridine rings is 1. The molecular weight excluding hydrogens is 761 g/mol. The van der Waals surface area contributed by atoms with Crippen molar-refractivity contribution in [2.75, 3.05) is 26.2 Å². The third kappa shape index (κ3) is 9.86. The Labute approximate surface area is 347 Å². The third-order valence-electron chi connectivity index (χ3n) is 11.3. The number of benzene rings is 5. The zero-order valence-electron chi connectivity index (χ0n) is 33.1. The summed E-state index contributed by atoms with van der Waals surface area (Å²) in [5.74, 6) is 0.545. The minimum Gasteiger partial charge on any atom is -0.506 e. The molecule has 6 aromatic rings. The van der Waals surface area contributed by atoms with E-state index in [0.717, 1.165) is 60.3 Å². The van der Waals surface area contributed by atoms with Gasteiger partial charge in [0.15, 0.2) is 0 Å². The molecule has 0 saturated carbocycles. The summed E-state index contributed by atoms with van der Waals surface area (Å²) >= 11 is 0. The number of phenolic OH excluding ortho intramolecular Hbond substituents is 1. The summed E-state index contributed by atoms with van der Waals surface area (Å²) in [4.78, 5) is 42.9. The van der Waals surface area contributed by atoms with Crippen LogP contribution in [0.15, 0.2) is 132 Å². The van der Waals surface area contributed by atoms with Gasteiger partial charge in [0.1, 0.15) is 30.8 Å². The van der Waals surface area contributed by atoms with Crippen molar-refractivity contribution in [3.05, 3.63) is 177 Å². The number of esters is 1. The van der Waals surface area contributed by atoms with E-state index < -0.39 is 24.2 Å². The molecule has 3 aliphatic heterocycles. The Hall–Kier alpha value is -6.47. The molecule has 12 heteroatoms. The molecule has 3 aliphatic rings. The Morgan fingerprint density at radius 2 is 1.57 bits per heavy atom. The molecular formula is C48H48N4O8. The minimum atomic E-state index is -0.884. The Morgan fingerprint density at radius 3 is 2.35 bits per heavy atom. The van der Waals surface area contributed by atoms with Crippen molar-refractivity contribution < 1.29 is 34.0 Å². The molecule has 0 radical (unpaired) electrons. The number of H-pyrrole nitrogens is 1. The first-order valence-electron chi connectivity index (χ1n) is 20.3. The van der Waals surface area contributed by atoms with Crippen LogP contribution in [0.2, 0.25) is 0 Å². The normalized spacial score (nSPS) is 18.1. The van der Waals surface area contributed by atoms with Gasteiger partial charge in [0.25, 0.3) is 0 Å². The number of aliphatic hydroxyl groups is 1. The summed E-state index contributed by atoms with van der Waals surface area (Å²) < 4.78 is 17.8. The lowest BCUT2D eigenvalue weighted by Gasteiger charge is -2.43. The second-order valence-electron chi connectivity index (χ2n) is 15.5. The lowest BCUT2D eigenvalue weighted by molar-refractivity contribution is -0.0336. The van der Waals surface area contributed by atoms with E-state index in [9.17, 15) is 24.6 Å². The molecule has 3 saturated heterocycles. The van der Waals surface area contributed by atoms with Gasteiger partial charge in [0, 0.05) is 31.1 Å². The van der Waals surface area contributed by atoms with E-state index in [2.05, 4.69) is 20.5 Å². The fraction of sp³-hybridized carbons (Fsp3) is 0.271. The zero-order chi connectivity index (χ0) is 41.4. The molecule has 2 unspecified atom stereocenters. The number of nitrogens with zero attached hydrogens (tertiary/aromatic N) is 1. The first-order valence-corrected chi connectivity index (χ1v) is 20.3. The SMILES string of the molecule is O=C(N[C@@H](c1ccccc1)c1cccc(OCc2ccc(C(=O)OCc3cccc(CNCC(O)c4ccc(O)c5[nH]c(=O)ccc45)c3)cc2)c1)OC1CN2CCC1CC2. The number of carbonyl (C=O) groups excluding carboxylic acids is 2. The molecule has 1 aromatic heterocycles. The summed E-state index contributed by atoms with van der Waals surface area (Å²) in [5, 5.41) is 28.0. The molecule has 0 spiro atoms. The maximum Gasteiger partial charge on any atom is 0.408 e. The number of hydrogen-bond acceptors (Lipinski definition) is 10. The molecule has 60 heavy (non-hydrogen) atoms. The van der Waals surface area contributed by atoms with Crippen molar-refractivity contribution in [3.63, 3.8) is 0 Å². The van der Waals surface area contributed by atoms with Gasteiger partial charge in [-0.1, -0.05) is 84.9 Å². The number of aromatic hydroxyl groups is 1. The maximum absolute atomic E-state index is 13.2. The van der Waals surface area contributed by atoms with Crippen LogP contribution in [0.5, 0.6) is 11.5 Å². The summed E-state index contributed by atoms with van der Waals surface area (Å²) in [6.07, 6.45) is 0.722. The van der Waals surface area contributed by atoms with Crippen molar-refractivity contribution >= 4 is 23.0 Å². The second-order valence-corrected chi connectivity index (χ2v) is 15.5. The zero-order valence-corrected chi connectivity index (χ0v) is 33.1. The Morgan fingerprint density at radius 1 is 0.800 bits per heavy atom. The summed E-state index contributed by atoms with van der Waals surface area (Å²) in [7, 11) is 0. The van der Waals surface area contributed by atoms with Gasteiger partial charge in [0.2, 0.25) is 5.56 Å². The summed E-state index contributed by atoms with van der Waals surface area (Å²) in [6, 6.07) is 37.8. The van der Waals surface area contributed by atoms with Gasteiger partial charge < -0.3 is 40.0 Å². The number of ether oxygens (including phenoxy) is 3. The smallest absolute Gasteiger partial charge is 0.408 e. The fourth-order valence-electron chi connectivity index (χ4n) is 8.10. The van der Waals surface area contributed by atoms with Crippen LogP contribution in [0, 0.1) is 5.92 Å². The van der Waals surface area contributed by atoms with E-state index in [1.54, 1.807) is 24.3 Å². The first-order chi connectivity index (χ1) is 29.3. The van der Waals surface area contributed by atoms with E-state index in [1.165, 1.54) is 12.1 Å². The highest BCUT2D eigenvalue weighted by Crippen LogP contribution is 2.31. The molecule has 3 atom stereocenters. The van der Waals surface area contributed by atoms with Crippen LogP contribution in [-0.4, -0.2) is 64.4 Å². The standard InChI is InChI=1S/C48H48N4O8/c53-41-18-16-39(40-17-19-44(55)50-46(40)41)42(54)27-49-26-32-6-4-7-33(24-32)30-59-47(56)36-14-12-31(13-15-36)29-58-38-11-5-10-37(25-38)45(35-8-2-1-3-9-35)51-48(57)60-43-28-52-22-20-34(43)21-23-52/h1-19,24-25,34,42-43,45,49,53-54H,20-23,26-30H2,(H,50,55)(H,51,57)/t42?,43?,45-/m0/s1. The number of alkyl carbamates (subject to hydrolysis) is 1. The monoisotopic (exact) mass is 808 g/mol. The largest absolute Gasteiger partial charge is 0.506 e. The highest BCUT2D eigenvalue weighted by atomic mass is 16.6. The number of aromatic amines is 1. The average Bonchev–Trinajstić information content (AvgIpc) is 3.28. The minimum absolute atomic E-state index is 0.0622. The predicted octanol–water partition coefficient (Wildman–Crippen LogP) is 6.90. The summed E-state index contributed by atoms with van der Waals surface area (Å²) in [6.45, 7) is 3.99. The lowest BCUT2D eigenvalue weighted by atomic mass is 9.86. The van der Waals surface area contributed by atoms with E-state index in [1.807, 2.05) is 91.0 Å². The number of aromatic nitrogens is 1. The average molecular weight is 809 g/mol. The van der Waals surface area contributed by atoms with Crippen molar-refractivity contribution in [2.24, 2.45) is 5.92 Å². The number of nitrogens with one attached hydrogen (secondary N) is 3. The Balaban J connectivity index is 0.817.